The predicted molar refractivity (Wildman–Crippen MR) is 61.9 cm³/mol. The van der Waals surface area contributed by atoms with E-state index in [-0.39, 0.29) is 0 Å². The van der Waals surface area contributed by atoms with Crippen LogP contribution in [-0.2, 0) is 6.54 Å². The fourth-order valence-corrected chi connectivity index (χ4v) is 1.40. The summed E-state index contributed by atoms with van der Waals surface area (Å²) in [6.07, 6.45) is 0. The monoisotopic (exact) mass is 215 g/mol. The predicted octanol–water partition coefficient (Wildman–Crippen LogP) is 1.61. The van der Waals surface area contributed by atoms with Gasteiger partial charge in [0.25, 0.3) is 0 Å². The number of hydrogen-bond acceptors (Lipinski definition) is 4. The second-order valence-corrected chi connectivity index (χ2v) is 3.30. The maximum atomic E-state index is 5.57. The summed E-state index contributed by atoms with van der Waals surface area (Å²) >= 11 is 0. The van der Waals surface area contributed by atoms with Gasteiger partial charge in [-0.05, 0) is 0 Å². The fraction of sp³-hybridized carbons (Fsp3) is 0.167. The Kier molecular flexibility index (Phi) is 3.12. The molecule has 16 heavy (non-hydrogen) atoms. The molecule has 1 heterocycles. The number of rotatable bonds is 3. The van der Waals surface area contributed by atoms with Crippen LogP contribution in [0.25, 0.3) is 11.4 Å². The number of aromatic nitrogens is 2. The summed E-state index contributed by atoms with van der Waals surface area (Å²) in [6, 6.07) is 11.5. The van der Waals surface area contributed by atoms with E-state index in [1.54, 1.807) is 13.2 Å². The highest BCUT2D eigenvalue weighted by Gasteiger charge is 2.05. The molecule has 1 aromatic carbocycles. The minimum absolute atomic E-state index is 0.374. The maximum absolute atomic E-state index is 5.57. The highest BCUT2D eigenvalue weighted by molar-refractivity contribution is 5.55. The Bertz CT molecular complexity index is 449. The Morgan fingerprint density at radius 1 is 1.19 bits per heavy atom. The zero-order valence-electron chi connectivity index (χ0n) is 9.05. The van der Waals surface area contributed by atoms with Crippen molar-refractivity contribution in [2.45, 2.75) is 6.54 Å². The van der Waals surface area contributed by atoms with E-state index in [2.05, 4.69) is 9.97 Å². The van der Waals surface area contributed by atoms with Crippen LogP contribution in [0.3, 0.4) is 0 Å². The fourth-order valence-electron chi connectivity index (χ4n) is 1.40. The van der Waals surface area contributed by atoms with Crippen molar-refractivity contribution < 1.29 is 4.74 Å². The summed E-state index contributed by atoms with van der Waals surface area (Å²) < 4.78 is 5.11. The molecular weight excluding hydrogens is 202 g/mol. The Hall–Kier alpha value is -1.94. The number of benzene rings is 1. The minimum atomic E-state index is 0.374. The topological polar surface area (TPSA) is 61.0 Å². The van der Waals surface area contributed by atoms with Gasteiger partial charge in [0.15, 0.2) is 5.82 Å². The van der Waals surface area contributed by atoms with Crippen molar-refractivity contribution in [3.63, 3.8) is 0 Å². The van der Waals surface area contributed by atoms with Crippen molar-refractivity contribution in [1.82, 2.24) is 9.97 Å². The van der Waals surface area contributed by atoms with Crippen molar-refractivity contribution in [3.05, 3.63) is 42.1 Å². The largest absolute Gasteiger partial charge is 0.481 e. The van der Waals surface area contributed by atoms with Crippen molar-refractivity contribution in [2.75, 3.05) is 7.11 Å². The normalized spacial score (nSPS) is 10.1. The van der Waals surface area contributed by atoms with Gasteiger partial charge in [0.05, 0.1) is 12.8 Å². The van der Waals surface area contributed by atoms with Crippen LogP contribution in [0.5, 0.6) is 5.88 Å². The van der Waals surface area contributed by atoms with E-state index >= 15 is 0 Å². The molecule has 82 valence electrons. The smallest absolute Gasteiger partial charge is 0.216 e. The van der Waals surface area contributed by atoms with E-state index in [0.717, 1.165) is 11.3 Å². The molecule has 0 saturated carbocycles. The summed E-state index contributed by atoms with van der Waals surface area (Å²) in [4.78, 5) is 8.64. The number of hydrogen-bond donors (Lipinski definition) is 1. The molecule has 0 unspecified atom stereocenters. The molecule has 0 amide bonds. The molecule has 2 aromatic rings. The quantitative estimate of drug-likeness (QED) is 0.845. The molecule has 0 aliphatic rings. The lowest BCUT2D eigenvalue weighted by Crippen LogP contribution is -2.03. The van der Waals surface area contributed by atoms with Crippen molar-refractivity contribution in [2.24, 2.45) is 5.73 Å². The SMILES string of the molecule is COc1cc(CN)nc(-c2ccccc2)n1. The van der Waals surface area contributed by atoms with Crippen LogP contribution in [0.4, 0.5) is 0 Å². The summed E-state index contributed by atoms with van der Waals surface area (Å²) in [6.45, 7) is 0.374. The summed E-state index contributed by atoms with van der Waals surface area (Å²) in [7, 11) is 1.58. The molecule has 0 bridgehead atoms. The van der Waals surface area contributed by atoms with Gasteiger partial charge in [-0.1, -0.05) is 30.3 Å². The molecule has 0 saturated heterocycles. The third kappa shape index (κ3) is 2.17. The number of methoxy groups -OCH3 is 1. The van der Waals surface area contributed by atoms with Gasteiger partial charge in [-0.25, -0.2) is 4.98 Å². The molecule has 4 heteroatoms. The van der Waals surface area contributed by atoms with Crippen molar-refractivity contribution >= 4 is 0 Å². The van der Waals surface area contributed by atoms with E-state index in [1.165, 1.54) is 0 Å². The highest BCUT2D eigenvalue weighted by Crippen LogP contribution is 2.18. The molecule has 0 fully saturated rings. The Morgan fingerprint density at radius 2 is 1.94 bits per heavy atom. The van der Waals surface area contributed by atoms with E-state index in [0.29, 0.717) is 18.2 Å². The highest BCUT2D eigenvalue weighted by atomic mass is 16.5. The lowest BCUT2D eigenvalue weighted by atomic mass is 10.2. The molecule has 4 nitrogen and oxygen atoms in total. The van der Waals surface area contributed by atoms with Crippen LogP contribution in [0.1, 0.15) is 5.69 Å². The Balaban J connectivity index is 2.48. The van der Waals surface area contributed by atoms with Gasteiger partial charge in [-0.2, -0.15) is 4.98 Å². The van der Waals surface area contributed by atoms with Crippen LogP contribution < -0.4 is 10.5 Å². The third-order valence-electron chi connectivity index (χ3n) is 2.21. The van der Waals surface area contributed by atoms with Crippen LogP contribution in [-0.4, -0.2) is 17.1 Å². The van der Waals surface area contributed by atoms with E-state index in [4.69, 9.17) is 10.5 Å². The molecule has 0 atom stereocenters. The number of ether oxygens (including phenoxy) is 1. The van der Waals surface area contributed by atoms with Gasteiger partial charge in [0, 0.05) is 18.2 Å². The van der Waals surface area contributed by atoms with Gasteiger partial charge in [0.1, 0.15) is 0 Å². The van der Waals surface area contributed by atoms with Crippen LogP contribution in [0, 0.1) is 0 Å². The first-order valence-electron chi connectivity index (χ1n) is 5.01. The molecule has 0 spiro atoms. The zero-order chi connectivity index (χ0) is 11.4. The van der Waals surface area contributed by atoms with Gasteiger partial charge in [-0.3, -0.25) is 0 Å². The standard InChI is InChI=1S/C12H13N3O/c1-16-11-7-10(8-13)14-12(15-11)9-5-3-2-4-6-9/h2-7H,8,13H2,1H3. The van der Waals surface area contributed by atoms with Crippen LogP contribution in [0.15, 0.2) is 36.4 Å². The van der Waals surface area contributed by atoms with Gasteiger partial charge in [-0.15, -0.1) is 0 Å². The Morgan fingerprint density at radius 3 is 2.56 bits per heavy atom. The third-order valence-corrected chi connectivity index (χ3v) is 2.21. The van der Waals surface area contributed by atoms with E-state index < -0.39 is 0 Å². The lowest BCUT2D eigenvalue weighted by Gasteiger charge is -2.05. The molecule has 1 aromatic heterocycles. The number of nitrogens with zero attached hydrogens (tertiary/aromatic N) is 2. The first-order chi connectivity index (χ1) is 7.83. The molecule has 2 N–H and O–H groups in total. The number of nitrogens with two attached hydrogens (primary N) is 1. The van der Waals surface area contributed by atoms with Crippen LogP contribution in [0.2, 0.25) is 0 Å². The molecule has 2 rings (SSSR count). The summed E-state index contributed by atoms with van der Waals surface area (Å²) in [5.74, 6) is 1.18. The molecule has 0 aliphatic carbocycles. The summed E-state index contributed by atoms with van der Waals surface area (Å²) in [5, 5.41) is 0. The van der Waals surface area contributed by atoms with Crippen LogP contribution >= 0.6 is 0 Å². The van der Waals surface area contributed by atoms with Crippen molar-refractivity contribution in [3.8, 4) is 17.3 Å². The zero-order valence-corrected chi connectivity index (χ0v) is 9.05. The van der Waals surface area contributed by atoms with Gasteiger partial charge >= 0.3 is 0 Å². The van der Waals surface area contributed by atoms with Crippen molar-refractivity contribution in [1.29, 1.82) is 0 Å². The first-order valence-corrected chi connectivity index (χ1v) is 5.01. The van der Waals surface area contributed by atoms with E-state index in [1.807, 2.05) is 30.3 Å². The average Bonchev–Trinajstić information content (AvgIpc) is 2.39. The molecule has 0 aliphatic heterocycles. The minimum Gasteiger partial charge on any atom is -0.481 e. The average molecular weight is 215 g/mol. The van der Waals surface area contributed by atoms with Gasteiger partial charge < -0.3 is 10.5 Å². The second kappa shape index (κ2) is 4.72. The second-order valence-electron chi connectivity index (χ2n) is 3.30. The lowest BCUT2D eigenvalue weighted by molar-refractivity contribution is 0.396. The molecule has 0 radical (unpaired) electrons. The van der Waals surface area contributed by atoms with E-state index in [9.17, 15) is 0 Å². The Labute approximate surface area is 94.1 Å². The summed E-state index contributed by atoms with van der Waals surface area (Å²) in [5.41, 5.74) is 7.30. The first kappa shape index (κ1) is 10.6. The maximum Gasteiger partial charge on any atom is 0.216 e. The molecular formula is C12H13N3O. The van der Waals surface area contributed by atoms with Gasteiger partial charge in [0.2, 0.25) is 5.88 Å².